The number of sulfonamides is 1. The summed E-state index contributed by atoms with van der Waals surface area (Å²) in [5, 5.41) is 2.67. The molecule has 1 N–H and O–H groups in total. The Morgan fingerprint density at radius 1 is 1.00 bits per heavy atom. The number of benzene rings is 3. The number of amides is 1. The molecular weight excluding hydrogens is 440 g/mol. The number of hydrogen-bond donors (Lipinski definition) is 1. The zero-order valence-electron chi connectivity index (χ0n) is 18.7. The summed E-state index contributed by atoms with van der Waals surface area (Å²) in [4.78, 5) is 12.5. The zero-order chi connectivity index (χ0) is 23.8. The average molecular weight is 467 g/mol. The van der Waals surface area contributed by atoms with E-state index in [0.717, 1.165) is 5.56 Å². The highest BCUT2D eigenvalue weighted by Gasteiger charge is 2.21. The number of carbonyl (C=O) groups is 1. The molecule has 0 aromatic heterocycles. The third-order valence-corrected chi connectivity index (χ3v) is 6.58. The minimum absolute atomic E-state index is 0.0637. The van der Waals surface area contributed by atoms with Crippen LogP contribution in [0.15, 0.2) is 83.8 Å². The Hall–Kier alpha value is -3.78. The first kappa shape index (κ1) is 23.9. The number of para-hydroxylation sites is 1. The Bertz CT molecular complexity index is 1240. The number of anilines is 2. The molecule has 0 aliphatic rings. The van der Waals surface area contributed by atoms with Gasteiger partial charge in [0.15, 0.2) is 18.1 Å². The van der Waals surface area contributed by atoms with Gasteiger partial charge in [0.05, 0.1) is 17.7 Å². The molecule has 3 aromatic carbocycles. The van der Waals surface area contributed by atoms with Crippen LogP contribution in [0.5, 0.6) is 11.5 Å². The number of methoxy groups -OCH3 is 1. The minimum atomic E-state index is -3.79. The molecule has 0 aliphatic carbocycles. The SMILES string of the molecule is C/C=C/c1ccc(OCC(=O)Nc2cccc(S(=O)(=O)N(C)c3ccccc3)c2)c(OC)c1. The van der Waals surface area contributed by atoms with Gasteiger partial charge in [0.1, 0.15) is 0 Å². The van der Waals surface area contributed by atoms with Crippen LogP contribution in [0.2, 0.25) is 0 Å². The third kappa shape index (κ3) is 5.93. The fraction of sp³-hybridized carbons (Fsp3) is 0.160. The summed E-state index contributed by atoms with van der Waals surface area (Å²) in [6.07, 6.45) is 3.84. The van der Waals surface area contributed by atoms with Crippen molar-refractivity contribution in [3.8, 4) is 11.5 Å². The summed E-state index contributed by atoms with van der Waals surface area (Å²) in [5.74, 6) is 0.512. The molecule has 1 amide bonds. The topological polar surface area (TPSA) is 84.9 Å². The third-order valence-electron chi connectivity index (χ3n) is 4.80. The van der Waals surface area contributed by atoms with Crippen LogP contribution in [0.4, 0.5) is 11.4 Å². The van der Waals surface area contributed by atoms with Crippen molar-refractivity contribution in [3.63, 3.8) is 0 Å². The lowest BCUT2D eigenvalue weighted by molar-refractivity contribution is -0.118. The van der Waals surface area contributed by atoms with Crippen molar-refractivity contribution in [3.05, 3.63) is 84.4 Å². The fourth-order valence-electron chi connectivity index (χ4n) is 3.11. The molecule has 0 radical (unpaired) electrons. The van der Waals surface area contributed by atoms with Gasteiger partial charge in [-0.15, -0.1) is 0 Å². The maximum atomic E-state index is 13.0. The number of allylic oxidation sites excluding steroid dienone is 1. The molecule has 3 rings (SSSR count). The first-order chi connectivity index (χ1) is 15.8. The minimum Gasteiger partial charge on any atom is -0.493 e. The summed E-state index contributed by atoms with van der Waals surface area (Å²) in [6, 6.07) is 20.2. The first-order valence-electron chi connectivity index (χ1n) is 10.2. The Morgan fingerprint density at radius 2 is 1.76 bits per heavy atom. The van der Waals surface area contributed by atoms with E-state index in [1.165, 1.54) is 30.6 Å². The van der Waals surface area contributed by atoms with Gasteiger partial charge in [-0.25, -0.2) is 8.42 Å². The predicted molar refractivity (Wildman–Crippen MR) is 130 cm³/mol. The first-order valence-corrected chi connectivity index (χ1v) is 11.7. The molecule has 0 heterocycles. The van der Waals surface area contributed by atoms with Crippen LogP contribution in [-0.2, 0) is 14.8 Å². The van der Waals surface area contributed by atoms with Gasteiger partial charge in [-0.2, -0.15) is 0 Å². The summed E-state index contributed by atoms with van der Waals surface area (Å²) >= 11 is 0. The van der Waals surface area contributed by atoms with Crippen LogP contribution in [0.3, 0.4) is 0 Å². The summed E-state index contributed by atoms with van der Waals surface area (Å²) in [7, 11) is -0.782. The Kier molecular flexibility index (Phi) is 7.74. The molecule has 0 aliphatic heterocycles. The molecule has 0 atom stereocenters. The smallest absolute Gasteiger partial charge is 0.264 e. The molecule has 0 bridgehead atoms. The normalized spacial score (nSPS) is 11.2. The van der Waals surface area contributed by atoms with E-state index in [1.54, 1.807) is 42.5 Å². The van der Waals surface area contributed by atoms with E-state index in [1.807, 2.05) is 37.3 Å². The maximum Gasteiger partial charge on any atom is 0.264 e. The van der Waals surface area contributed by atoms with Gasteiger partial charge >= 0.3 is 0 Å². The van der Waals surface area contributed by atoms with E-state index in [0.29, 0.717) is 22.9 Å². The second-order valence-corrected chi connectivity index (χ2v) is 9.05. The van der Waals surface area contributed by atoms with Crippen molar-refractivity contribution in [2.24, 2.45) is 0 Å². The van der Waals surface area contributed by atoms with E-state index in [9.17, 15) is 13.2 Å². The molecule has 7 nitrogen and oxygen atoms in total. The average Bonchev–Trinajstić information content (AvgIpc) is 2.83. The molecule has 33 heavy (non-hydrogen) atoms. The van der Waals surface area contributed by atoms with Crippen molar-refractivity contribution in [2.45, 2.75) is 11.8 Å². The number of rotatable bonds is 9. The summed E-state index contributed by atoms with van der Waals surface area (Å²) in [5.41, 5.74) is 1.83. The Morgan fingerprint density at radius 3 is 2.45 bits per heavy atom. The van der Waals surface area contributed by atoms with Crippen molar-refractivity contribution in [1.82, 2.24) is 0 Å². The van der Waals surface area contributed by atoms with E-state index in [-0.39, 0.29) is 11.5 Å². The molecule has 0 fully saturated rings. The van der Waals surface area contributed by atoms with Gasteiger partial charge in [-0.1, -0.05) is 42.5 Å². The molecule has 8 heteroatoms. The van der Waals surface area contributed by atoms with E-state index >= 15 is 0 Å². The number of hydrogen-bond acceptors (Lipinski definition) is 5. The lowest BCUT2D eigenvalue weighted by Crippen LogP contribution is -2.26. The summed E-state index contributed by atoms with van der Waals surface area (Å²) in [6.45, 7) is 1.65. The highest BCUT2D eigenvalue weighted by molar-refractivity contribution is 7.92. The predicted octanol–water partition coefficient (Wildman–Crippen LogP) is 4.57. The van der Waals surface area contributed by atoms with Gasteiger partial charge in [-0.3, -0.25) is 9.10 Å². The molecule has 3 aromatic rings. The van der Waals surface area contributed by atoms with Crippen molar-refractivity contribution in [1.29, 1.82) is 0 Å². The lowest BCUT2D eigenvalue weighted by Gasteiger charge is -2.20. The van der Waals surface area contributed by atoms with E-state index < -0.39 is 15.9 Å². The summed E-state index contributed by atoms with van der Waals surface area (Å²) < 4.78 is 38.1. The molecule has 0 unspecified atom stereocenters. The number of carbonyl (C=O) groups excluding carboxylic acids is 1. The molecular formula is C25H26N2O5S. The number of nitrogens with one attached hydrogen (secondary N) is 1. The zero-order valence-corrected chi connectivity index (χ0v) is 19.5. The van der Waals surface area contributed by atoms with Crippen LogP contribution in [0, 0.1) is 0 Å². The van der Waals surface area contributed by atoms with E-state index in [2.05, 4.69) is 5.32 Å². The molecule has 172 valence electrons. The Balaban J connectivity index is 1.69. The second kappa shape index (κ2) is 10.7. The highest BCUT2D eigenvalue weighted by Crippen LogP contribution is 2.29. The Labute approximate surface area is 194 Å². The van der Waals surface area contributed by atoms with Gasteiger partial charge < -0.3 is 14.8 Å². The van der Waals surface area contributed by atoms with E-state index in [4.69, 9.17) is 9.47 Å². The van der Waals surface area contributed by atoms with Crippen LogP contribution < -0.4 is 19.1 Å². The standard InChI is InChI=1S/C25H26N2O5S/c1-4-9-19-14-15-23(24(16-19)31-3)32-18-25(28)26-20-10-8-13-22(17-20)33(29,30)27(2)21-11-6-5-7-12-21/h4-17H,18H2,1-3H3,(H,26,28)/b9-4+. The van der Waals surface area contributed by atoms with Gasteiger partial charge in [0, 0.05) is 12.7 Å². The quantitative estimate of drug-likeness (QED) is 0.499. The van der Waals surface area contributed by atoms with Gasteiger partial charge in [0.2, 0.25) is 0 Å². The highest BCUT2D eigenvalue weighted by atomic mass is 32.2. The second-order valence-electron chi connectivity index (χ2n) is 7.08. The van der Waals surface area contributed by atoms with Crippen LogP contribution in [0.25, 0.3) is 6.08 Å². The van der Waals surface area contributed by atoms with Crippen LogP contribution in [-0.4, -0.2) is 35.1 Å². The van der Waals surface area contributed by atoms with Crippen molar-refractivity contribution in [2.75, 3.05) is 30.4 Å². The maximum absolute atomic E-state index is 13.0. The monoisotopic (exact) mass is 466 g/mol. The van der Waals surface area contributed by atoms with Crippen molar-refractivity contribution < 1.29 is 22.7 Å². The van der Waals surface area contributed by atoms with Gasteiger partial charge in [-0.05, 0) is 55.0 Å². The fourth-order valence-corrected chi connectivity index (χ4v) is 4.35. The largest absolute Gasteiger partial charge is 0.493 e. The lowest BCUT2D eigenvalue weighted by atomic mass is 10.2. The number of ether oxygens (including phenoxy) is 2. The van der Waals surface area contributed by atoms with Crippen LogP contribution >= 0.6 is 0 Å². The van der Waals surface area contributed by atoms with Gasteiger partial charge in [0.25, 0.3) is 15.9 Å². The molecule has 0 saturated carbocycles. The number of nitrogens with zero attached hydrogens (tertiary/aromatic N) is 1. The van der Waals surface area contributed by atoms with Crippen LogP contribution in [0.1, 0.15) is 12.5 Å². The molecule has 0 spiro atoms. The molecule has 0 saturated heterocycles. The van der Waals surface area contributed by atoms with Crippen molar-refractivity contribution >= 4 is 33.4 Å².